The average molecular weight is 138 g/mol. The third kappa shape index (κ3) is 6.33. The molecule has 0 radical (unpaired) electrons. The van der Waals surface area contributed by atoms with Gasteiger partial charge in [-0.15, -0.1) is 0 Å². The normalized spacial score (nSPS) is 8.71. The summed E-state index contributed by atoms with van der Waals surface area (Å²) in [5.41, 5.74) is 0. The zero-order chi connectivity index (χ0) is 5.54. The molecule has 0 saturated heterocycles. The zero-order valence-electron chi connectivity index (χ0n) is 3.92. The van der Waals surface area contributed by atoms with E-state index >= 15 is 0 Å². The van der Waals surface area contributed by atoms with Gasteiger partial charge in [-0.25, -0.2) is 0 Å². The van der Waals surface area contributed by atoms with E-state index in [1.165, 1.54) is 21.9 Å². The van der Waals surface area contributed by atoms with Gasteiger partial charge in [0.05, 0.1) is 11.1 Å². The van der Waals surface area contributed by atoms with Crippen molar-refractivity contribution in [2.45, 2.75) is 0 Å². The quantitative estimate of drug-likeness (QED) is 0.252. The molecule has 0 atom stereocenters. The van der Waals surface area contributed by atoms with Gasteiger partial charge in [0.15, 0.2) is 0 Å². The van der Waals surface area contributed by atoms with E-state index in [4.69, 9.17) is 0 Å². The maximum absolute atomic E-state index is 9.53. The van der Waals surface area contributed by atoms with Gasteiger partial charge in [0, 0.05) is 0 Å². The average Bonchev–Trinajstić information content (AvgIpc) is 1.69. The molecule has 0 aliphatic rings. The van der Waals surface area contributed by atoms with Gasteiger partial charge in [-0.3, -0.25) is 4.18 Å². The smallest absolute Gasteiger partial charge is 0.147 e. The highest BCUT2D eigenvalue weighted by molar-refractivity contribution is 8.74. The van der Waals surface area contributed by atoms with Gasteiger partial charge >= 0.3 is 0 Å². The van der Waals surface area contributed by atoms with E-state index in [-0.39, 0.29) is 6.61 Å². The molecular formula is C3H6O2S2. The SMILES string of the molecule is CSSOCC=O. The summed E-state index contributed by atoms with van der Waals surface area (Å²) >= 11 is 1.22. The number of aldehydes is 1. The predicted molar refractivity (Wildman–Crippen MR) is 33.1 cm³/mol. The fourth-order valence-corrected chi connectivity index (χ4v) is 0.766. The van der Waals surface area contributed by atoms with Crippen molar-refractivity contribution >= 4 is 28.2 Å². The highest BCUT2D eigenvalue weighted by Gasteiger charge is 1.79. The molecular weight excluding hydrogens is 132 g/mol. The second kappa shape index (κ2) is 6.33. The van der Waals surface area contributed by atoms with Crippen LogP contribution in [0.25, 0.3) is 0 Å². The molecule has 0 heterocycles. The lowest BCUT2D eigenvalue weighted by Crippen LogP contribution is -1.82. The summed E-state index contributed by atoms with van der Waals surface area (Å²) in [7, 11) is 1.48. The van der Waals surface area contributed by atoms with Crippen molar-refractivity contribution < 1.29 is 8.98 Å². The van der Waals surface area contributed by atoms with E-state index < -0.39 is 0 Å². The fourth-order valence-electron chi connectivity index (χ4n) is 0.104. The van der Waals surface area contributed by atoms with Gasteiger partial charge in [0.2, 0.25) is 0 Å². The molecule has 0 saturated carbocycles. The van der Waals surface area contributed by atoms with Crippen LogP contribution >= 0.6 is 21.9 Å². The van der Waals surface area contributed by atoms with Gasteiger partial charge in [-0.05, 0) is 6.26 Å². The van der Waals surface area contributed by atoms with Crippen LogP contribution in [0.5, 0.6) is 0 Å². The molecule has 0 aromatic rings. The first-order chi connectivity index (χ1) is 3.41. The third-order valence-corrected chi connectivity index (χ3v) is 1.32. The molecule has 0 aliphatic carbocycles. The molecule has 42 valence electrons. The first-order valence-corrected chi connectivity index (χ1v) is 4.16. The molecule has 0 bridgehead atoms. The van der Waals surface area contributed by atoms with E-state index in [0.29, 0.717) is 0 Å². The monoisotopic (exact) mass is 138 g/mol. The summed E-state index contributed by atoms with van der Waals surface area (Å²) < 4.78 is 4.64. The van der Waals surface area contributed by atoms with Crippen LogP contribution < -0.4 is 0 Å². The number of rotatable bonds is 4. The van der Waals surface area contributed by atoms with Crippen LogP contribution in [-0.4, -0.2) is 19.1 Å². The Hall–Kier alpha value is 0.330. The highest BCUT2D eigenvalue weighted by Crippen LogP contribution is 2.16. The van der Waals surface area contributed by atoms with Gasteiger partial charge in [-0.1, -0.05) is 10.8 Å². The Morgan fingerprint density at radius 1 is 1.86 bits per heavy atom. The summed E-state index contributed by atoms with van der Waals surface area (Å²) in [5, 5.41) is 0. The Labute approximate surface area is 50.6 Å². The minimum atomic E-state index is 0.186. The summed E-state index contributed by atoms with van der Waals surface area (Å²) in [6, 6.07) is 0. The summed E-state index contributed by atoms with van der Waals surface area (Å²) in [6.07, 6.45) is 2.61. The Balaban J connectivity index is 2.56. The van der Waals surface area contributed by atoms with E-state index in [1.807, 2.05) is 6.26 Å². The van der Waals surface area contributed by atoms with Crippen LogP contribution in [0, 0.1) is 0 Å². The molecule has 0 rings (SSSR count). The van der Waals surface area contributed by atoms with Crippen LogP contribution in [0.4, 0.5) is 0 Å². The van der Waals surface area contributed by atoms with E-state index in [1.54, 1.807) is 0 Å². The van der Waals surface area contributed by atoms with E-state index in [9.17, 15) is 4.79 Å². The van der Waals surface area contributed by atoms with Crippen LogP contribution in [0.2, 0.25) is 0 Å². The molecule has 2 nitrogen and oxygen atoms in total. The first-order valence-electron chi connectivity index (χ1n) is 1.67. The summed E-state index contributed by atoms with van der Waals surface area (Å²) in [4.78, 5) is 9.53. The number of hydrogen-bond donors (Lipinski definition) is 0. The van der Waals surface area contributed by atoms with Gasteiger partial charge in [0.1, 0.15) is 12.9 Å². The molecule has 0 amide bonds. The van der Waals surface area contributed by atoms with Crippen molar-refractivity contribution in [3.8, 4) is 0 Å². The zero-order valence-corrected chi connectivity index (χ0v) is 5.55. The van der Waals surface area contributed by atoms with Crippen molar-refractivity contribution in [2.24, 2.45) is 0 Å². The van der Waals surface area contributed by atoms with Gasteiger partial charge in [0.25, 0.3) is 0 Å². The van der Waals surface area contributed by atoms with Crippen LogP contribution in [-0.2, 0) is 8.98 Å². The lowest BCUT2D eigenvalue weighted by Gasteiger charge is -1.87. The largest absolute Gasteiger partial charge is 0.301 e. The second-order valence-electron chi connectivity index (χ2n) is 0.686. The molecule has 0 N–H and O–H groups in total. The van der Waals surface area contributed by atoms with Gasteiger partial charge in [-0.2, -0.15) is 0 Å². The molecule has 0 fully saturated rings. The molecule has 0 unspecified atom stereocenters. The molecule has 0 aromatic carbocycles. The number of carbonyl (C=O) groups excluding carboxylic acids is 1. The lowest BCUT2D eigenvalue weighted by molar-refractivity contribution is -0.109. The number of carbonyl (C=O) groups is 1. The Morgan fingerprint density at radius 2 is 2.57 bits per heavy atom. The maximum atomic E-state index is 9.53. The van der Waals surface area contributed by atoms with E-state index in [2.05, 4.69) is 4.18 Å². The third-order valence-electron chi connectivity index (χ3n) is 0.252. The number of hydrogen-bond acceptors (Lipinski definition) is 4. The van der Waals surface area contributed by atoms with Crippen molar-refractivity contribution in [3.05, 3.63) is 0 Å². The highest BCUT2D eigenvalue weighted by atomic mass is 33.1. The summed E-state index contributed by atoms with van der Waals surface area (Å²) in [6.45, 7) is 0.186. The molecule has 4 heteroatoms. The molecule has 0 aromatic heterocycles. The minimum Gasteiger partial charge on any atom is -0.301 e. The molecule has 7 heavy (non-hydrogen) atoms. The van der Waals surface area contributed by atoms with Crippen molar-refractivity contribution in [1.82, 2.24) is 0 Å². The first kappa shape index (κ1) is 7.33. The standard InChI is InChI=1S/C3H6O2S2/c1-6-7-5-3-2-4/h2H,3H2,1H3. The van der Waals surface area contributed by atoms with Crippen molar-refractivity contribution in [3.63, 3.8) is 0 Å². The van der Waals surface area contributed by atoms with Crippen LogP contribution in [0.1, 0.15) is 0 Å². The fraction of sp³-hybridized carbons (Fsp3) is 0.667. The van der Waals surface area contributed by atoms with E-state index in [0.717, 1.165) is 6.29 Å². The van der Waals surface area contributed by atoms with Crippen molar-refractivity contribution in [2.75, 3.05) is 12.9 Å². The predicted octanol–water partition coefficient (Wildman–Crippen LogP) is 1.13. The Bertz CT molecular complexity index is 48.2. The Morgan fingerprint density at radius 3 is 3.00 bits per heavy atom. The van der Waals surface area contributed by atoms with Crippen LogP contribution in [0.15, 0.2) is 0 Å². The Kier molecular flexibility index (Phi) is 6.63. The molecule has 0 spiro atoms. The molecule has 0 aliphatic heterocycles. The lowest BCUT2D eigenvalue weighted by atomic mass is 10.9. The van der Waals surface area contributed by atoms with Gasteiger partial charge < -0.3 is 4.79 Å². The topological polar surface area (TPSA) is 26.3 Å². The second-order valence-corrected chi connectivity index (χ2v) is 2.80. The summed E-state index contributed by atoms with van der Waals surface area (Å²) in [5.74, 6) is 0. The van der Waals surface area contributed by atoms with Crippen molar-refractivity contribution in [1.29, 1.82) is 0 Å². The maximum Gasteiger partial charge on any atom is 0.147 e. The van der Waals surface area contributed by atoms with Crippen LogP contribution in [0.3, 0.4) is 0 Å². The minimum absolute atomic E-state index is 0.186.